The van der Waals surface area contributed by atoms with Crippen LogP contribution in [0, 0.1) is 0 Å². The topological polar surface area (TPSA) is 31.9 Å². The lowest BCUT2D eigenvalue weighted by atomic mass is 10.1. The molecular weight excluding hydrogens is 282 g/mol. The summed E-state index contributed by atoms with van der Waals surface area (Å²) in [5, 5.41) is 0. The molecule has 0 aliphatic carbocycles. The molecule has 1 aromatic heterocycles. The second-order valence-electron chi connectivity index (χ2n) is 6.08. The largest absolute Gasteiger partial charge is 0.338 e. The van der Waals surface area contributed by atoms with Gasteiger partial charge in [-0.1, -0.05) is 50.2 Å². The van der Waals surface area contributed by atoms with Gasteiger partial charge in [0.1, 0.15) is 5.82 Å². The number of H-pyrrole nitrogens is 1. The third-order valence-corrected chi connectivity index (χ3v) is 4.10. The Labute approximate surface area is 138 Å². The number of para-hydroxylation sites is 2. The van der Waals surface area contributed by atoms with Gasteiger partial charge in [0.2, 0.25) is 0 Å². The Hall–Kier alpha value is -2.13. The van der Waals surface area contributed by atoms with Crippen molar-refractivity contribution in [1.82, 2.24) is 14.9 Å². The van der Waals surface area contributed by atoms with E-state index < -0.39 is 0 Å². The van der Waals surface area contributed by atoms with E-state index in [-0.39, 0.29) is 0 Å². The summed E-state index contributed by atoms with van der Waals surface area (Å²) in [6.45, 7) is 7.85. The summed E-state index contributed by atoms with van der Waals surface area (Å²) in [7, 11) is 0. The Balaban J connectivity index is 1.75. The molecule has 1 heterocycles. The number of benzene rings is 2. The van der Waals surface area contributed by atoms with E-state index in [9.17, 15) is 0 Å². The third-order valence-electron chi connectivity index (χ3n) is 4.10. The Morgan fingerprint density at radius 3 is 2.26 bits per heavy atom. The summed E-state index contributed by atoms with van der Waals surface area (Å²) >= 11 is 0. The van der Waals surface area contributed by atoms with Crippen LogP contribution in [-0.4, -0.2) is 28.0 Å². The fourth-order valence-corrected chi connectivity index (χ4v) is 3.02. The van der Waals surface area contributed by atoms with Gasteiger partial charge >= 0.3 is 0 Å². The van der Waals surface area contributed by atoms with Crippen LogP contribution in [-0.2, 0) is 6.54 Å². The van der Waals surface area contributed by atoms with E-state index in [2.05, 4.69) is 59.0 Å². The monoisotopic (exact) mass is 307 g/mol. The van der Waals surface area contributed by atoms with Crippen molar-refractivity contribution in [1.29, 1.82) is 0 Å². The molecule has 1 N–H and O–H groups in total. The molecule has 0 bridgehead atoms. The molecule has 0 amide bonds. The Kier molecular flexibility index (Phi) is 5.09. The first-order valence-corrected chi connectivity index (χ1v) is 8.56. The van der Waals surface area contributed by atoms with E-state index >= 15 is 0 Å². The van der Waals surface area contributed by atoms with E-state index in [0.29, 0.717) is 0 Å². The highest BCUT2D eigenvalue weighted by Gasteiger charge is 2.07. The van der Waals surface area contributed by atoms with Gasteiger partial charge in [-0.2, -0.15) is 0 Å². The molecule has 3 nitrogen and oxygen atoms in total. The maximum atomic E-state index is 4.67. The lowest BCUT2D eigenvalue weighted by Gasteiger charge is -2.21. The fourth-order valence-electron chi connectivity index (χ4n) is 3.02. The molecule has 3 aromatic rings. The quantitative estimate of drug-likeness (QED) is 0.676. The average molecular weight is 307 g/mol. The van der Waals surface area contributed by atoms with E-state index in [1.807, 2.05) is 18.2 Å². The second-order valence-corrected chi connectivity index (χ2v) is 6.08. The molecule has 3 heteroatoms. The molecule has 0 unspecified atom stereocenters. The zero-order valence-electron chi connectivity index (χ0n) is 14.0. The predicted octanol–water partition coefficient (Wildman–Crippen LogP) is 4.85. The molecule has 3 rings (SSSR count). The Bertz CT molecular complexity index is 704. The number of hydrogen-bond donors (Lipinski definition) is 1. The van der Waals surface area contributed by atoms with Crippen LogP contribution >= 0.6 is 0 Å². The predicted molar refractivity (Wildman–Crippen MR) is 97.4 cm³/mol. The second kappa shape index (κ2) is 7.42. The van der Waals surface area contributed by atoms with E-state index in [1.165, 1.54) is 31.5 Å². The van der Waals surface area contributed by atoms with Gasteiger partial charge in [0, 0.05) is 12.1 Å². The SMILES string of the molecule is CCCN(CCC)Cc1ccc(-c2nc3ccccc3[nH]2)cc1. The van der Waals surface area contributed by atoms with E-state index in [0.717, 1.165) is 29.0 Å². The third kappa shape index (κ3) is 3.80. The number of aromatic amines is 1. The number of rotatable bonds is 7. The molecule has 23 heavy (non-hydrogen) atoms. The molecule has 0 saturated carbocycles. The fraction of sp³-hybridized carbons (Fsp3) is 0.350. The Morgan fingerprint density at radius 2 is 1.61 bits per heavy atom. The van der Waals surface area contributed by atoms with Gasteiger partial charge < -0.3 is 4.98 Å². The van der Waals surface area contributed by atoms with Crippen molar-refractivity contribution in [3.8, 4) is 11.4 Å². The summed E-state index contributed by atoms with van der Waals surface area (Å²) in [6, 6.07) is 16.9. The Morgan fingerprint density at radius 1 is 0.913 bits per heavy atom. The van der Waals surface area contributed by atoms with Crippen LogP contribution in [0.4, 0.5) is 0 Å². The lowest BCUT2D eigenvalue weighted by Crippen LogP contribution is -2.24. The van der Waals surface area contributed by atoms with Crippen molar-refractivity contribution in [2.75, 3.05) is 13.1 Å². The molecule has 0 aliphatic heterocycles. The number of fused-ring (bicyclic) bond motifs is 1. The van der Waals surface area contributed by atoms with Gasteiger partial charge in [0.15, 0.2) is 0 Å². The molecular formula is C20H25N3. The molecule has 0 spiro atoms. The van der Waals surface area contributed by atoms with Crippen LogP contribution in [0.1, 0.15) is 32.3 Å². The van der Waals surface area contributed by atoms with Gasteiger partial charge in [-0.05, 0) is 43.6 Å². The van der Waals surface area contributed by atoms with Gasteiger partial charge in [-0.15, -0.1) is 0 Å². The summed E-state index contributed by atoms with van der Waals surface area (Å²) in [4.78, 5) is 10.6. The highest BCUT2D eigenvalue weighted by Crippen LogP contribution is 2.21. The van der Waals surface area contributed by atoms with E-state index in [4.69, 9.17) is 0 Å². The minimum absolute atomic E-state index is 0.941. The number of imidazole rings is 1. The minimum atomic E-state index is 0.941. The average Bonchev–Trinajstić information content (AvgIpc) is 3.00. The molecule has 0 fully saturated rings. The summed E-state index contributed by atoms with van der Waals surface area (Å²) < 4.78 is 0. The molecule has 120 valence electrons. The highest BCUT2D eigenvalue weighted by atomic mass is 15.1. The smallest absolute Gasteiger partial charge is 0.138 e. The van der Waals surface area contributed by atoms with Crippen LogP contribution in [0.5, 0.6) is 0 Å². The van der Waals surface area contributed by atoms with Crippen molar-refractivity contribution >= 4 is 11.0 Å². The van der Waals surface area contributed by atoms with Crippen LogP contribution in [0.2, 0.25) is 0 Å². The van der Waals surface area contributed by atoms with Crippen molar-refractivity contribution in [3.63, 3.8) is 0 Å². The van der Waals surface area contributed by atoms with Gasteiger partial charge in [-0.25, -0.2) is 4.98 Å². The molecule has 0 saturated heterocycles. The standard InChI is InChI=1S/C20H25N3/c1-3-13-23(14-4-2)15-16-9-11-17(12-10-16)20-21-18-7-5-6-8-19(18)22-20/h5-12H,3-4,13-15H2,1-2H3,(H,21,22). The van der Waals surface area contributed by atoms with Crippen LogP contribution in [0.15, 0.2) is 48.5 Å². The molecule has 0 atom stereocenters. The van der Waals surface area contributed by atoms with Crippen molar-refractivity contribution in [3.05, 3.63) is 54.1 Å². The number of nitrogens with zero attached hydrogens (tertiary/aromatic N) is 2. The van der Waals surface area contributed by atoms with Crippen LogP contribution in [0.25, 0.3) is 22.4 Å². The zero-order chi connectivity index (χ0) is 16.1. The molecule has 0 aliphatic rings. The molecule has 2 aromatic carbocycles. The number of hydrogen-bond acceptors (Lipinski definition) is 2. The van der Waals surface area contributed by atoms with E-state index in [1.54, 1.807) is 0 Å². The summed E-state index contributed by atoms with van der Waals surface area (Å²) in [6.07, 6.45) is 2.41. The number of nitrogens with one attached hydrogen (secondary N) is 1. The first kappa shape index (κ1) is 15.8. The first-order valence-electron chi connectivity index (χ1n) is 8.56. The molecule has 0 radical (unpaired) electrons. The highest BCUT2D eigenvalue weighted by molar-refractivity contribution is 5.79. The lowest BCUT2D eigenvalue weighted by molar-refractivity contribution is 0.266. The van der Waals surface area contributed by atoms with Crippen LogP contribution < -0.4 is 0 Å². The van der Waals surface area contributed by atoms with Gasteiger partial charge in [-0.3, -0.25) is 4.90 Å². The maximum absolute atomic E-state index is 4.67. The van der Waals surface area contributed by atoms with Gasteiger partial charge in [0.25, 0.3) is 0 Å². The van der Waals surface area contributed by atoms with Crippen LogP contribution in [0.3, 0.4) is 0 Å². The summed E-state index contributed by atoms with van der Waals surface area (Å²) in [5.74, 6) is 0.941. The van der Waals surface area contributed by atoms with Gasteiger partial charge in [0.05, 0.1) is 11.0 Å². The minimum Gasteiger partial charge on any atom is -0.338 e. The summed E-state index contributed by atoms with van der Waals surface area (Å²) in [5.41, 5.74) is 4.61. The normalized spacial score (nSPS) is 11.4. The van der Waals surface area contributed by atoms with Crippen molar-refractivity contribution < 1.29 is 0 Å². The van der Waals surface area contributed by atoms with Crippen molar-refractivity contribution in [2.24, 2.45) is 0 Å². The van der Waals surface area contributed by atoms with Crippen molar-refractivity contribution in [2.45, 2.75) is 33.2 Å². The maximum Gasteiger partial charge on any atom is 0.138 e. The first-order chi connectivity index (χ1) is 11.3. The number of aromatic nitrogens is 2. The zero-order valence-corrected chi connectivity index (χ0v) is 14.0.